The van der Waals surface area contributed by atoms with Gasteiger partial charge in [0.25, 0.3) is 5.91 Å². The van der Waals surface area contributed by atoms with Crippen LogP contribution in [0.3, 0.4) is 0 Å². The average molecular weight is 640 g/mol. The molecule has 0 N–H and O–H groups in total. The third-order valence-electron chi connectivity index (χ3n) is 8.44. The van der Waals surface area contributed by atoms with Crippen molar-refractivity contribution in [1.82, 2.24) is 9.58 Å². The number of fused-ring (bicyclic) bond motifs is 4. The number of hydrogen-bond donors (Lipinski definition) is 0. The lowest BCUT2D eigenvalue weighted by molar-refractivity contribution is -0.146. The van der Waals surface area contributed by atoms with E-state index < -0.39 is 64.6 Å². The van der Waals surface area contributed by atoms with E-state index in [0.29, 0.717) is 5.56 Å². The van der Waals surface area contributed by atoms with Gasteiger partial charge in [0.1, 0.15) is 12.8 Å². The Kier molecular flexibility index (Phi) is 7.08. The number of halogens is 2. The maximum absolute atomic E-state index is 15.4. The number of aromatic nitrogens is 1. The summed E-state index contributed by atoms with van der Waals surface area (Å²) in [6, 6.07) is 10.3. The maximum Gasteiger partial charge on any atom is 0.514 e. The SMILES string of the molecule is CC1(C)COC(=O)[C@@H]1OC(=O)Oc1c2n(ccc1=O)N([C@@H]1c3ccccc3SCc3c1ccc(F)c3F)[C@@H]1COCCN1C2=O. The van der Waals surface area contributed by atoms with Crippen LogP contribution in [0.4, 0.5) is 13.6 Å². The van der Waals surface area contributed by atoms with Gasteiger partial charge in [0.15, 0.2) is 17.3 Å². The zero-order chi connectivity index (χ0) is 31.6. The fourth-order valence-electron chi connectivity index (χ4n) is 6.21. The molecule has 2 saturated heterocycles. The molecule has 5 heterocycles. The van der Waals surface area contributed by atoms with Gasteiger partial charge in [-0.15, -0.1) is 11.8 Å². The topological polar surface area (TPSA) is 117 Å². The number of rotatable bonds is 3. The lowest BCUT2D eigenvalue weighted by atomic mass is 9.90. The van der Waals surface area contributed by atoms with Crippen LogP contribution in [0.2, 0.25) is 0 Å². The summed E-state index contributed by atoms with van der Waals surface area (Å²) >= 11 is 1.35. The van der Waals surface area contributed by atoms with Crippen molar-refractivity contribution in [2.75, 3.05) is 31.4 Å². The monoisotopic (exact) mass is 639 g/mol. The van der Waals surface area contributed by atoms with Gasteiger partial charge in [-0.1, -0.05) is 38.1 Å². The van der Waals surface area contributed by atoms with Crippen molar-refractivity contribution in [2.45, 2.75) is 42.8 Å². The number of amides is 1. The number of hydrogen-bond acceptors (Lipinski definition) is 10. The van der Waals surface area contributed by atoms with Gasteiger partial charge in [-0.2, -0.15) is 0 Å². The minimum absolute atomic E-state index is 0.0200. The molecule has 3 aromatic rings. The standard InChI is InChI=1S/C31H27F2N3O8S/c1-31(2)15-42-29(39)27(31)44-30(40)43-26-20(37)9-10-35-25(26)28(38)34-11-12-41-13-22(34)36(35)24-16-7-8-19(32)23(33)18(16)14-45-21-6-4-3-5-17(21)24/h3-10,22,24,27H,11-15H2,1-2H3/t22-,24+,27+/m1/s1. The molecule has 4 aliphatic rings. The van der Waals surface area contributed by atoms with Crippen molar-refractivity contribution in [2.24, 2.45) is 5.41 Å². The lowest BCUT2D eigenvalue weighted by Crippen LogP contribution is -2.66. The number of morpholine rings is 1. The second-order valence-corrected chi connectivity index (χ2v) is 12.8. The van der Waals surface area contributed by atoms with E-state index in [0.717, 1.165) is 22.6 Å². The Morgan fingerprint density at radius 2 is 1.87 bits per heavy atom. The molecule has 0 radical (unpaired) electrons. The van der Waals surface area contributed by atoms with Crippen molar-refractivity contribution in [1.29, 1.82) is 0 Å². The minimum Gasteiger partial charge on any atom is -0.462 e. The summed E-state index contributed by atoms with van der Waals surface area (Å²) in [4.78, 5) is 54.8. The molecule has 0 bridgehead atoms. The molecule has 14 heteroatoms. The summed E-state index contributed by atoms with van der Waals surface area (Å²) in [6.07, 6.45) is -2.01. The summed E-state index contributed by atoms with van der Waals surface area (Å²) in [5, 5.41) is 1.76. The van der Waals surface area contributed by atoms with Crippen molar-refractivity contribution in [3.63, 3.8) is 0 Å². The molecule has 2 aromatic carbocycles. The number of nitrogens with zero attached hydrogens (tertiary/aromatic N) is 3. The van der Waals surface area contributed by atoms with Gasteiger partial charge in [-0.25, -0.2) is 18.4 Å². The third-order valence-corrected chi connectivity index (χ3v) is 9.56. The molecule has 11 nitrogen and oxygen atoms in total. The quantitative estimate of drug-likeness (QED) is 0.393. The second-order valence-electron chi connectivity index (χ2n) is 11.7. The molecule has 4 aliphatic heterocycles. The Labute approximate surface area is 259 Å². The number of esters is 1. The average Bonchev–Trinajstić information content (AvgIpc) is 3.18. The first-order valence-corrected chi connectivity index (χ1v) is 15.2. The summed E-state index contributed by atoms with van der Waals surface area (Å²) in [5.41, 5.74) is -0.529. The van der Waals surface area contributed by atoms with E-state index in [2.05, 4.69) is 0 Å². The Balaban J connectivity index is 1.39. The van der Waals surface area contributed by atoms with Gasteiger partial charge in [0.05, 0.1) is 19.3 Å². The van der Waals surface area contributed by atoms with E-state index in [1.54, 1.807) is 18.9 Å². The van der Waals surface area contributed by atoms with Gasteiger partial charge in [0.2, 0.25) is 17.3 Å². The molecule has 0 unspecified atom stereocenters. The summed E-state index contributed by atoms with van der Waals surface area (Å²) in [5.74, 6) is -3.77. The predicted molar refractivity (Wildman–Crippen MR) is 154 cm³/mol. The molecule has 1 aromatic heterocycles. The fourth-order valence-corrected chi connectivity index (χ4v) is 7.32. The number of thioether (sulfide) groups is 1. The smallest absolute Gasteiger partial charge is 0.462 e. The molecule has 0 aliphatic carbocycles. The van der Waals surface area contributed by atoms with E-state index in [4.69, 9.17) is 18.9 Å². The van der Waals surface area contributed by atoms with Crippen LogP contribution in [0, 0.1) is 17.0 Å². The lowest BCUT2D eigenvalue weighted by Gasteiger charge is -2.51. The predicted octanol–water partition coefficient (Wildman–Crippen LogP) is 3.74. The van der Waals surface area contributed by atoms with Crippen LogP contribution in [0.5, 0.6) is 5.75 Å². The van der Waals surface area contributed by atoms with E-state index in [1.807, 2.05) is 24.3 Å². The zero-order valence-corrected chi connectivity index (χ0v) is 25.0. The molecule has 1 amide bonds. The van der Waals surface area contributed by atoms with Gasteiger partial charge >= 0.3 is 12.1 Å². The molecule has 0 saturated carbocycles. The largest absolute Gasteiger partial charge is 0.514 e. The first-order chi connectivity index (χ1) is 21.6. The van der Waals surface area contributed by atoms with Gasteiger partial charge in [0, 0.05) is 40.4 Å². The van der Waals surface area contributed by atoms with Crippen LogP contribution in [-0.4, -0.2) is 66.2 Å². The van der Waals surface area contributed by atoms with E-state index >= 15 is 4.39 Å². The summed E-state index contributed by atoms with van der Waals surface area (Å²) in [6.45, 7) is 3.78. The molecule has 3 atom stereocenters. The molecule has 45 heavy (non-hydrogen) atoms. The molecular formula is C31H27F2N3O8S. The number of carbonyl (C=O) groups is 3. The fraction of sp³-hybridized carbons (Fsp3) is 0.355. The van der Waals surface area contributed by atoms with Crippen LogP contribution < -0.4 is 15.2 Å². The number of ether oxygens (including phenoxy) is 4. The van der Waals surface area contributed by atoms with Gasteiger partial charge < -0.3 is 23.8 Å². The molecule has 0 spiro atoms. The molecule has 7 rings (SSSR count). The van der Waals surface area contributed by atoms with Crippen LogP contribution >= 0.6 is 11.8 Å². The van der Waals surface area contributed by atoms with Crippen LogP contribution in [-0.2, 0) is 24.8 Å². The Morgan fingerprint density at radius 3 is 2.64 bits per heavy atom. The Morgan fingerprint density at radius 1 is 1.07 bits per heavy atom. The highest BCUT2D eigenvalue weighted by Gasteiger charge is 2.49. The zero-order valence-electron chi connectivity index (χ0n) is 24.2. The highest BCUT2D eigenvalue weighted by Crippen LogP contribution is 2.45. The first-order valence-electron chi connectivity index (χ1n) is 14.2. The van der Waals surface area contributed by atoms with Gasteiger partial charge in [-0.05, 0) is 23.3 Å². The Bertz CT molecular complexity index is 1810. The first kappa shape index (κ1) is 29.3. The number of carbonyl (C=O) groups excluding carboxylic acids is 3. The third kappa shape index (κ3) is 4.74. The van der Waals surface area contributed by atoms with Crippen molar-refractivity contribution in [3.8, 4) is 5.75 Å². The number of cyclic esters (lactones) is 1. The summed E-state index contributed by atoms with van der Waals surface area (Å²) < 4.78 is 52.8. The van der Waals surface area contributed by atoms with Crippen LogP contribution in [0.1, 0.15) is 47.1 Å². The Hall–Kier alpha value is -4.43. The van der Waals surface area contributed by atoms with Crippen LogP contribution in [0.25, 0.3) is 0 Å². The molecular weight excluding hydrogens is 612 g/mol. The van der Waals surface area contributed by atoms with Gasteiger partial charge in [-0.3, -0.25) is 19.3 Å². The highest BCUT2D eigenvalue weighted by atomic mass is 32.2. The van der Waals surface area contributed by atoms with Crippen molar-refractivity contribution in [3.05, 3.63) is 92.9 Å². The second kappa shape index (κ2) is 10.9. The minimum atomic E-state index is -1.36. The molecule has 234 valence electrons. The van der Waals surface area contributed by atoms with E-state index in [1.165, 1.54) is 33.6 Å². The number of pyridine rings is 1. The van der Waals surface area contributed by atoms with Crippen molar-refractivity contribution < 1.29 is 42.1 Å². The molecule has 2 fully saturated rings. The number of benzene rings is 2. The van der Waals surface area contributed by atoms with E-state index in [-0.39, 0.29) is 43.4 Å². The van der Waals surface area contributed by atoms with Crippen LogP contribution in [0.15, 0.2) is 58.4 Å². The normalized spacial score (nSPS) is 23.2. The maximum atomic E-state index is 15.4. The highest BCUT2D eigenvalue weighted by molar-refractivity contribution is 7.98. The summed E-state index contributed by atoms with van der Waals surface area (Å²) in [7, 11) is 0. The van der Waals surface area contributed by atoms with Crippen molar-refractivity contribution >= 4 is 29.8 Å². The van der Waals surface area contributed by atoms with E-state index in [9.17, 15) is 23.6 Å².